The van der Waals surface area contributed by atoms with Crippen LogP contribution in [0.1, 0.15) is 12.5 Å². The zero-order chi connectivity index (χ0) is 14.1. The number of nitrogen functional groups attached to an aromatic ring is 1. The summed E-state index contributed by atoms with van der Waals surface area (Å²) in [5, 5.41) is 2.38. The number of pyridine rings is 2. The van der Waals surface area contributed by atoms with Crippen LogP contribution in [0, 0.1) is 0 Å². The van der Waals surface area contributed by atoms with Crippen LogP contribution in [0.25, 0.3) is 21.8 Å². The fourth-order valence-corrected chi connectivity index (χ4v) is 2.42. The Hall–Kier alpha value is -1.91. The fourth-order valence-electron chi connectivity index (χ4n) is 2.23. The third-order valence-corrected chi connectivity index (χ3v) is 3.52. The number of hydrogen-bond acceptors (Lipinski definition) is 4. The first-order chi connectivity index (χ1) is 9.70. The molecule has 4 nitrogen and oxygen atoms in total. The van der Waals surface area contributed by atoms with E-state index in [2.05, 4.69) is 9.97 Å². The van der Waals surface area contributed by atoms with Crippen molar-refractivity contribution >= 4 is 39.2 Å². The van der Waals surface area contributed by atoms with E-state index < -0.39 is 0 Å². The maximum atomic E-state index is 6.19. The first-order valence-electron chi connectivity index (χ1n) is 6.41. The van der Waals surface area contributed by atoms with Crippen molar-refractivity contribution in [3.8, 4) is 0 Å². The third-order valence-electron chi connectivity index (χ3n) is 3.19. The molecule has 0 atom stereocenters. The van der Waals surface area contributed by atoms with E-state index in [9.17, 15) is 0 Å². The molecule has 0 amide bonds. The van der Waals surface area contributed by atoms with E-state index in [1.54, 1.807) is 0 Å². The average molecular weight is 288 g/mol. The lowest BCUT2D eigenvalue weighted by atomic mass is 10.1. The van der Waals surface area contributed by atoms with E-state index in [-0.39, 0.29) is 0 Å². The molecular weight excluding hydrogens is 274 g/mol. The Morgan fingerprint density at radius 2 is 2.00 bits per heavy atom. The van der Waals surface area contributed by atoms with Crippen LogP contribution >= 0.6 is 11.6 Å². The van der Waals surface area contributed by atoms with Crippen molar-refractivity contribution < 1.29 is 4.74 Å². The maximum absolute atomic E-state index is 6.19. The quantitative estimate of drug-likeness (QED) is 0.591. The second-order valence-corrected chi connectivity index (χ2v) is 4.84. The van der Waals surface area contributed by atoms with Gasteiger partial charge in [-0.25, -0.2) is 9.97 Å². The summed E-state index contributed by atoms with van der Waals surface area (Å²) in [5.74, 6) is 0.392. The van der Waals surface area contributed by atoms with Crippen molar-refractivity contribution in [2.24, 2.45) is 0 Å². The summed E-state index contributed by atoms with van der Waals surface area (Å²) < 4.78 is 5.42. The molecule has 0 saturated carbocycles. The molecule has 1 aromatic carbocycles. The molecule has 0 saturated heterocycles. The summed E-state index contributed by atoms with van der Waals surface area (Å²) >= 11 is 6.19. The van der Waals surface area contributed by atoms with Gasteiger partial charge < -0.3 is 10.5 Å². The number of hydrogen-bond donors (Lipinski definition) is 1. The van der Waals surface area contributed by atoms with E-state index in [1.165, 1.54) is 0 Å². The van der Waals surface area contributed by atoms with Crippen LogP contribution in [0.5, 0.6) is 0 Å². The molecule has 20 heavy (non-hydrogen) atoms. The Bertz CT molecular complexity index is 789. The molecule has 0 aliphatic carbocycles. The molecule has 102 valence electrons. The van der Waals surface area contributed by atoms with Crippen molar-refractivity contribution in [2.45, 2.75) is 13.5 Å². The number of benzene rings is 1. The maximum Gasteiger partial charge on any atom is 0.150 e. The van der Waals surface area contributed by atoms with Gasteiger partial charge in [0.1, 0.15) is 10.7 Å². The van der Waals surface area contributed by atoms with Crippen molar-refractivity contribution in [1.29, 1.82) is 0 Å². The Kier molecular flexibility index (Phi) is 3.42. The zero-order valence-electron chi connectivity index (χ0n) is 11.1. The number of halogens is 1. The molecule has 2 N–H and O–H groups in total. The molecule has 0 bridgehead atoms. The minimum Gasteiger partial charge on any atom is -0.382 e. The van der Waals surface area contributed by atoms with E-state index >= 15 is 0 Å². The van der Waals surface area contributed by atoms with Crippen LogP contribution in [0.2, 0.25) is 5.15 Å². The van der Waals surface area contributed by atoms with Gasteiger partial charge in [-0.3, -0.25) is 0 Å². The Balaban J connectivity index is 2.32. The summed E-state index contributed by atoms with van der Waals surface area (Å²) in [6.45, 7) is 3.02. The Morgan fingerprint density at radius 3 is 2.80 bits per heavy atom. The molecule has 5 heteroatoms. The highest BCUT2D eigenvalue weighted by Gasteiger charge is 2.11. The van der Waals surface area contributed by atoms with Gasteiger partial charge in [0.05, 0.1) is 12.1 Å². The van der Waals surface area contributed by atoms with E-state index in [4.69, 9.17) is 22.1 Å². The van der Waals surface area contributed by atoms with Crippen molar-refractivity contribution in [2.75, 3.05) is 12.3 Å². The lowest BCUT2D eigenvalue weighted by Crippen LogP contribution is -1.99. The van der Waals surface area contributed by atoms with Gasteiger partial charge in [0.25, 0.3) is 0 Å². The number of ether oxygens (including phenoxy) is 1. The first-order valence-corrected chi connectivity index (χ1v) is 6.79. The van der Waals surface area contributed by atoms with E-state index in [0.717, 1.165) is 21.9 Å². The third kappa shape index (κ3) is 2.17. The minimum atomic E-state index is 0.392. The summed E-state index contributed by atoms with van der Waals surface area (Å²) in [6, 6.07) is 9.83. The number of nitrogens with zero attached hydrogens (tertiary/aromatic N) is 2. The van der Waals surface area contributed by atoms with Gasteiger partial charge in [-0.2, -0.15) is 0 Å². The van der Waals surface area contributed by atoms with Crippen LogP contribution in [0.15, 0.2) is 30.3 Å². The summed E-state index contributed by atoms with van der Waals surface area (Å²) in [7, 11) is 0. The Morgan fingerprint density at radius 1 is 1.20 bits per heavy atom. The second kappa shape index (κ2) is 5.23. The smallest absolute Gasteiger partial charge is 0.150 e. The van der Waals surface area contributed by atoms with Crippen LogP contribution < -0.4 is 5.73 Å². The minimum absolute atomic E-state index is 0.392. The molecule has 2 aromatic heterocycles. The molecule has 0 spiro atoms. The van der Waals surface area contributed by atoms with Crippen molar-refractivity contribution in [3.63, 3.8) is 0 Å². The average Bonchev–Trinajstić information content (AvgIpc) is 2.46. The molecular formula is C15H14ClN3O. The molecule has 0 aliphatic rings. The fraction of sp³-hybridized carbons (Fsp3) is 0.200. The largest absolute Gasteiger partial charge is 0.382 e. The van der Waals surface area contributed by atoms with Crippen molar-refractivity contribution in [1.82, 2.24) is 9.97 Å². The highest BCUT2D eigenvalue weighted by atomic mass is 35.5. The van der Waals surface area contributed by atoms with Crippen LogP contribution in [0.4, 0.5) is 5.82 Å². The van der Waals surface area contributed by atoms with Gasteiger partial charge in [0, 0.05) is 22.9 Å². The predicted molar refractivity (Wildman–Crippen MR) is 81.8 cm³/mol. The SMILES string of the molecule is CCOCc1cc2c(nc1Cl)c(N)nc1ccccc12. The number of rotatable bonds is 3. The van der Waals surface area contributed by atoms with Gasteiger partial charge in [-0.05, 0) is 19.1 Å². The van der Waals surface area contributed by atoms with Gasteiger partial charge in [-0.15, -0.1) is 0 Å². The van der Waals surface area contributed by atoms with Gasteiger partial charge >= 0.3 is 0 Å². The number of fused-ring (bicyclic) bond motifs is 3. The van der Waals surface area contributed by atoms with Gasteiger partial charge in [0.15, 0.2) is 5.82 Å². The summed E-state index contributed by atoms with van der Waals surface area (Å²) in [4.78, 5) is 8.74. The topological polar surface area (TPSA) is 61.0 Å². The van der Waals surface area contributed by atoms with Crippen LogP contribution in [-0.2, 0) is 11.3 Å². The lowest BCUT2D eigenvalue weighted by Gasteiger charge is -2.09. The molecule has 0 fully saturated rings. The normalized spacial score (nSPS) is 11.3. The van der Waals surface area contributed by atoms with E-state index in [0.29, 0.717) is 29.7 Å². The summed E-state index contributed by atoms with van der Waals surface area (Å²) in [6.07, 6.45) is 0. The second-order valence-electron chi connectivity index (χ2n) is 4.49. The number of anilines is 1. The molecule has 0 aliphatic heterocycles. The molecule has 0 unspecified atom stereocenters. The molecule has 3 aromatic rings. The number of aromatic nitrogens is 2. The van der Waals surface area contributed by atoms with Gasteiger partial charge in [0.2, 0.25) is 0 Å². The standard InChI is InChI=1S/C15H14ClN3O/c1-2-20-8-9-7-11-10-5-3-4-6-12(10)18-15(17)13(11)19-14(9)16/h3-7H,2,8H2,1H3,(H2,17,18). The molecule has 2 heterocycles. The first kappa shape index (κ1) is 13.1. The highest BCUT2D eigenvalue weighted by Crippen LogP contribution is 2.30. The monoisotopic (exact) mass is 287 g/mol. The van der Waals surface area contributed by atoms with Crippen LogP contribution in [0.3, 0.4) is 0 Å². The number of para-hydroxylation sites is 1. The number of nitrogens with two attached hydrogens (primary N) is 1. The summed E-state index contributed by atoms with van der Waals surface area (Å²) in [5.41, 5.74) is 8.32. The molecule has 0 radical (unpaired) electrons. The van der Waals surface area contributed by atoms with Gasteiger partial charge in [-0.1, -0.05) is 29.8 Å². The predicted octanol–water partition coefficient (Wildman–Crippen LogP) is 3.56. The molecule has 3 rings (SSSR count). The zero-order valence-corrected chi connectivity index (χ0v) is 11.8. The highest BCUT2D eigenvalue weighted by molar-refractivity contribution is 6.31. The Labute approximate surface area is 121 Å². The lowest BCUT2D eigenvalue weighted by molar-refractivity contribution is 0.134. The van der Waals surface area contributed by atoms with E-state index in [1.807, 2.05) is 37.3 Å². The van der Waals surface area contributed by atoms with Crippen LogP contribution in [-0.4, -0.2) is 16.6 Å². The van der Waals surface area contributed by atoms with Crippen molar-refractivity contribution in [3.05, 3.63) is 41.0 Å².